The molecule has 0 aliphatic carbocycles. The molecule has 0 aliphatic rings. The molecule has 6 nitrogen and oxygen atoms in total. The molecule has 0 fully saturated rings. The van der Waals surface area contributed by atoms with E-state index in [4.69, 9.17) is 0 Å². The van der Waals surface area contributed by atoms with Crippen molar-refractivity contribution in [2.45, 2.75) is 30.8 Å². The Morgan fingerprint density at radius 1 is 1.06 bits per heavy atom. The number of hydrogen-bond acceptors (Lipinski definition) is 4. The largest absolute Gasteiger partial charge is 0.402 e. The van der Waals surface area contributed by atoms with Gasteiger partial charge in [-0.3, -0.25) is 9.78 Å². The number of benzene rings is 2. The molecular weight excluding hydrogens is 431 g/mol. The van der Waals surface area contributed by atoms with Crippen molar-refractivity contribution < 1.29 is 26.4 Å². The van der Waals surface area contributed by atoms with Gasteiger partial charge in [0, 0.05) is 16.8 Å². The van der Waals surface area contributed by atoms with Crippen LogP contribution < -0.4 is 10.0 Å². The number of rotatable bonds is 6. The van der Waals surface area contributed by atoms with E-state index in [1.165, 1.54) is 16.9 Å². The Kier molecular flexibility index (Phi) is 6.33. The smallest absolute Gasteiger partial charge is 0.322 e. The molecular formula is C21H20F3N3O3S. The highest BCUT2D eigenvalue weighted by Gasteiger charge is 2.30. The molecule has 2 N–H and O–H groups in total. The van der Waals surface area contributed by atoms with E-state index in [1.807, 2.05) is 26.0 Å². The number of nitrogens with one attached hydrogen (secondary N) is 2. The van der Waals surface area contributed by atoms with Crippen LogP contribution in [0.15, 0.2) is 59.5 Å². The van der Waals surface area contributed by atoms with Gasteiger partial charge in [0.05, 0.1) is 16.0 Å². The summed E-state index contributed by atoms with van der Waals surface area (Å²) >= 11 is 0. The minimum atomic E-state index is -4.66. The summed E-state index contributed by atoms with van der Waals surface area (Å²) < 4.78 is 62.3. The van der Waals surface area contributed by atoms with Crippen LogP contribution in [0.2, 0.25) is 0 Å². The average molecular weight is 451 g/mol. The fourth-order valence-electron chi connectivity index (χ4n) is 2.86. The summed E-state index contributed by atoms with van der Waals surface area (Å²) in [6.07, 6.45) is -4.66. The van der Waals surface area contributed by atoms with Crippen molar-refractivity contribution in [3.8, 4) is 0 Å². The van der Waals surface area contributed by atoms with Gasteiger partial charge >= 0.3 is 6.18 Å². The molecule has 3 aromatic rings. The molecule has 0 saturated carbocycles. The minimum Gasteiger partial charge on any atom is -0.322 e. The number of nitrogens with zero attached hydrogens (tertiary/aromatic N) is 1. The molecule has 0 saturated heterocycles. The number of pyridine rings is 1. The Labute approximate surface area is 177 Å². The van der Waals surface area contributed by atoms with Crippen LogP contribution in [0, 0.1) is 0 Å². The number of anilines is 1. The monoisotopic (exact) mass is 451 g/mol. The second-order valence-corrected chi connectivity index (χ2v) is 8.95. The van der Waals surface area contributed by atoms with Gasteiger partial charge in [0.1, 0.15) is 6.54 Å². The predicted molar refractivity (Wildman–Crippen MR) is 111 cm³/mol. The molecule has 31 heavy (non-hydrogen) atoms. The number of carbonyl (C=O) groups is 1. The number of fused-ring (bicyclic) bond motifs is 1. The standard InChI is InChI=1S/C21H20F3N3O3S/c1-13(2)19-11-17(16-5-3-4-6-18(16)27-19)20(28)26-14-7-9-15(10-8-14)31(29,30)25-12-21(22,23)24/h3-11,13,25H,12H2,1-2H3,(H,26,28). The fraction of sp³-hybridized carbons (Fsp3) is 0.238. The first-order valence-corrected chi connectivity index (χ1v) is 10.8. The van der Waals surface area contributed by atoms with Gasteiger partial charge < -0.3 is 5.32 Å². The first-order valence-electron chi connectivity index (χ1n) is 9.34. The Morgan fingerprint density at radius 2 is 1.71 bits per heavy atom. The van der Waals surface area contributed by atoms with Crippen LogP contribution in [-0.4, -0.2) is 32.0 Å². The third kappa shape index (κ3) is 5.59. The summed E-state index contributed by atoms with van der Waals surface area (Å²) in [4.78, 5) is 17.1. The van der Waals surface area contributed by atoms with Gasteiger partial charge in [0.15, 0.2) is 0 Å². The predicted octanol–water partition coefficient (Wildman–Crippen LogP) is 4.45. The summed E-state index contributed by atoms with van der Waals surface area (Å²) in [5.41, 5.74) is 2.14. The molecule has 0 aliphatic heterocycles. The van der Waals surface area contributed by atoms with E-state index in [0.29, 0.717) is 22.2 Å². The second kappa shape index (κ2) is 8.64. The van der Waals surface area contributed by atoms with Crippen LogP contribution in [0.4, 0.5) is 18.9 Å². The number of carbonyl (C=O) groups excluding carboxylic acids is 1. The van der Waals surface area contributed by atoms with Crippen molar-refractivity contribution in [2.24, 2.45) is 0 Å². The maximum absolute atomic E-state index is 12.9. The summed E-state index contributed by atoms with van der Waals surface area (Å²) in [6.45, 7) is 2.26. The normalized spacial score (nSPS) is 12.3. The number of alkyl halides is 3. The van der Waals surface area contributed by atoms with Gasteiger partial charge in [-0.05, 0) is 42.3 Å². The first kappa shape index (κ1) is 22.7. The van der Waals surface area contributed by atoms with Gasteiger partial charge in [-0.25, -0.2) is 13.1 Å². The van der Waals surface area contributed by atoms with E-state index in [-0.39, 0.29) is 10.8 Å². The molecule has 2 aromatic carbocycles. The number of sulfonamides is 1. The lowest BCUT2D eigenvalue weighted by molar-refractivity contribution is -0.121. The molecule has 0 unspecified atom stereocenters. The van der Waals surface area contributed by atoms with Crippen molar-refractivity contribution in [3.05, 3.63) is 65.9 Å². The summed E-state index contributed by atoms with van der Waals surface area (Å²) in [5, 5.41) is 3.36. The van der Waals surface area contributed by atoms with Crippen molar-refractivity contribution in [1.29, 1.82) is 0 Å². The highest BCUT2D eigenvalue weighted by atomic mass is 32.2. The van der Waals surface area contributed by atoms with Crippen LogP contribution >= 0.6 is 0 Å². The lowest BCUT2D eigenvalue weighted by Gasteiger charge is -2.13. The van der Waals surface area contributed by atoms with E-state index >= 15 is 0 Å². The van der Waals surface area contributed by atoms with Gasteiger partial charge in [-0.15, -0.1) is 0 Å². The van der Waals surface area contributed by atoms with Crippen LogP contribution in [0.3, 0.4) is 0 Å². The second-order valence-electron chi connectivity index (χ2n) is 7.18. The van der Waals surface area contributed by atoms with E-state index in [0.717, 1.165) is 17.8 Å². The van der Waals surface area contributed by atoms with Crippen molar-refractivity contribution >= 4 is 32.5 Å². The zero-order chi connectivity index (χ0) is 22.8. The molecule has 0 atom stereocenters. The average Bonchev–Trinajstić information content (AvgIpc) is 2.71. The highest BCUT2D eigenvalue weighted by molar-refractivity contribution is 7.89. The third-order valence-corrected chi connectivity index (χ3v) is 5.87. The molecule has 0 spiro atoms. The van der Waals surface area contributed by atoms with Crippen LogP contribution in [0.5, 0.6) is 0 Å². The maximum atomic E-state index is 12.9. The van der Waals surface area contributed by atoms with E-state index in [1.54, 1.807) is 18.2 Å². The van der Waals surface area contributed by atoms with Crippen LogP contribution in [-0.2, 0) is 10.0 Å². The third-order valence-electron chi connectivity index (χ3n) is 4.46. The quantitative estimate of drug-likeness (QED) is 0.580. The zero-order valence-electron chi connectivity index (χ0n) is 16.7. The molecule has 1 aromatic heterocycles. The van der Waals surface area contributed by atoms with Crippen LogP contribution in [0.25, 0.3) is 10.9 Å². The number of halogens is 3. The Morgan fingerprint density at radius 3 is 2.32 bits per heavy atom. The Bertz CT molecular complexity index is 1210. The number of amides is 1. The molecule has 1 heterocycles. The van der Waals surface area contributed by atoms with Gasteiger partial charge in [-0.2, -0.15) is 13.2 Å². The number of hydrogen-bond donors (Lipinski definition) is 2. The van der Waals surface area contributed by atoms with E-state index in [2.05, 4.69) is 10.3 Å². The number of aromatic nitrogens is 1. The van der Waals surface area contributed by atoms with Gasteiger partial charge in [-0.1, -0.05) is 32.0 Å². The zero-order valence-corrected chi connectivity index (χ0v) is 17.5. The van der Waals surface area contributed by atoms with Crippen LogP contribution in [0.1, 0.15) is 35.8 Å². The van der Waals surface area contributed by atoms with Crippen molar-refractivity contribution in [2.75, 3.05) is 11.9 Å². The lowest BCUT2D eigenvalue weighted by Crippen LogP contribution is -2.33. The van der Waals surface area contributed by atoms with Crippen molar-refractivity contribution in [1.82, 2.24) is 9.71 Å². The SMILES string of the molecule is CC(C)c1cc(C(=O)Nc2ccc(S(=O)(=O)NCC(F)(F)F)cc2)c2ccccc2n1. The molecule has 3 rings (SSSR count). The van der Waals surface area contributed by atoms with Gasteiger partial charge in [0.25, 0.3) is 5.91 Å². The lowest BCUT2D eigenvalue weighted by atomic mass is 10.0. The molecule has 10 heteroatoms. The number of para-hydroxylation sites is 1. The maximum Gasteiger partial charge on any atom is 0.402 e. The molecule has 0 bridgehead atoms. The molecule has 0 radical (unpaired) electrons. The van der Waals surface area contributed by atoms with E-state index < -0.39 is 28.7 Å². The first-order chi connectivity index (χ1) is 14.5. The molecule has 1 amide bonds. The van der Waals surface area contributed by atoms with E-state index in [9.17, 15) is 26.4 Å². The molecule has 164 valence electrons. The minimum absolute atomic E-state index is 0.102. The topological polar surface area (TPSA) is 88.2 Å². The summed E-state index contributed by atoms with van der Waals surface area (Å²) in [5.74, 6) is -0.309. The summed E-state index contributed by atoms with van der Waals surface area (Å²) in [6, 6.07) is 13.8. The highest BCUT2D eigenvalue weighted by Crippen LogP contribution is 2.24. The fourth-order valence-corrected chi connectivity index (χ4v) is 3.87. The summed E-state index contributed by atoms with van der Waals surface area (Å²) in [7, 11) is -4.33. The van der Waals surface area contributed by atoms with Crippen molar-refractivity contribution in [3.63, 3.8) is 0 Å². The Balaban J connectivity index is 1.83. The Hall–Kier alpha value is -2.98. The van der Waals surface area contributed by atoms with Gasteiger partial charge in [0.2, 0.25) is 10.0 Å².